The summed E-state index contributed by atoms with van der Waals surface area (Å²) in [4.78, 5) is 56.7. The Labute approximate surface area is 221 Å². The Bertz CT molecular complexity index is 1520. The van der Waals surface area contributed by atoms with Gasteiger partial charge in [0.2, 0.25) is 0 Å². The Morgan fingerprint density at radius 1 is 1.05 bits per heavy atom. The van der Waals surface area contributed by atoms with Gasteiger partial charge in [0.15, 0.2) is 22.4 Å². The third-order valence-corrected chi connectivity index (χ3v) is 7.48. The van der Waals surface area contributed by atoms with Crippen molar-refractivity contribution in [3.63, 3.8) is 0 Å². The molecule has 3 aromatic rings. The number of hydrogen-bond donors (Lipinski definition) is 1. The van der Waals surface area contributed by atoms with Gasteiger partial charge in [-0.2, -0.15) is 0 Å². The van der Waals surface area contributed by atoms with Crippen molar-refractivity contribution in [1.82, 2.24) is 4.98 Å². The number of aryl methyl sites for hydroxylation is 1. The number of esters is 1. The van der Waals surface area contributed by atoms with Gasteiger partial charge in [-0.25, -0.2) is 9.78 Å². The maximum Gasteiger partial charge on any atom is 0.337 e. The van der Waals surface area contributed by atoms with Crippen LogP contribution in [0.15, 0.2) is 48.0 Å². The molecule has 1 atom stereocenters. The molecule has 11 heteroatoms. The SMILES string of the molecule is COC(=O)c1ccc([C@H]2/C(=C(\O)c3ccc4c(c3)OCCO4)C(=O)C(=O)N2c2nc(C)c(C(C)=O)s2)cc1. The van der Waals surface area contributed by atoms with Crippen LogP contribution >= 0.6 is 11.3 Å². The third kappa shape index (κ3) is 4.20. The smallest absolute Gasteiger partial charge is 0.337 e. The summed E-state index contributed by atoms with van der Waals surface area (Å²) in [6.45, 7) is 3.75. The molecule has 0 unspecified atom stereocenters. The highest BCUT2D eigenvalue weighted by Crippen LogP contribution is 2.44. The van der Waals surface area contributed by atoms with Gasteiger partial charge in [0.25, 0.3) is 5.78 Å². The first-order valence-electron chi connectivity index (χ1n) is 11.6. The summed E-state index contributed by atoms with van der Waals surface area (Å²) >= 11 is 0.986. The van der Waals surface area contributed by atoms with Gasteiger partial charge in [0.1, 0.15) is 19.0 Å². The van der Waals surface area contributed by atoms with E-state index in [0.717, 1.165) is 11.3 Å². The number of Topliss-reactive ketones (excluding diaryl/α,β-unsaturated/α-hetero) is 2. The number of benzene rings is 2. The Morgan fingerprint density at radius 2 is 1.71 bits per heavy atom. The molecule has 5 rings (SSSR count). The van der Waals surface area contributed by atoms with Crippen molar-refractivity contribution < 1.29 is 38.5 Å². The van der Waals surface area contributed by atoms with Crippen LogP contribution < -0.4 is 14.4 Å². The molecule has 1 aromatic heterocycles. The largest absolute Gasteiger partial charge is 0.507 e. The second-order valence-corrected chi connectivity index (χ2v) is 9.59. The number of aliphatic hydroxyl groups is 1. The highest BCUT2D eigenvalue weighted by molar-refractivity contribution is 7.18. The van der Waals surface area contributed by atoms with Crippen molar-refractivity contribution in [1.29, 1.82) is 0 Å². The van der Waals surface area contributed by atoms with E-state index in [-0.39, 0.29) is 27.6 Å². The van der Waals surface area contributed by atoms with Crippen LogP contribution in [-0.2, 0) is 14.3 Å². The van der Waals surface area contributed by atoms with E-state index in [1.807, 2.05) is 0 Å². The number of amides is 1. The van der Waals surface area contributed by atoms with Gasteiger partial charge in [-0.05, 0) is 42.8 Å². The number of ether oxygens (including phenoxy) is 3. The number of aromatic nitrogens is 1. The monoisotopic (exact) mass is 534 g/mol. The van der Waals surface area contributed by atoms with E-state index >= 15 is 0 Å². The summed E-state index contributed by atoms with van der Waals surface area (Å²) in [5.41, 5.74) is 1.21. The molecule has 2 aromatic carbocycles. The van der Waals surface area contributed by atoms with E-state index in [2.05, 4.69) is 4.98 Å². The van der Waals surface area contributed by atoms with Crippen molar-refractivity contribution in [3.8, 4) is 11.5 Å². The number of carbonyl (C=O) groups is 4. The molecule has 1 N–H and O–H groups in total. The quantitative estimate of drug-likeness (QED) is 0.170. The zero-order valence-corrected chi connectivity index (χ0v) is 21.5. The van der Waals surface area contributed by atoms with Crippen LogP contribution in [0.5, 0.6) is 11.5 Å². The molecular formula is C27H22N2O8S. The molecule has 10 nitrogen and oxygen atoms in total. The number of carbonyl (C=O) groups excluding carboxylic acids is 4. The molecule has 194 valence electrons. The number of methoxy groups -OCH3 is 1. The van der Waals surface area contributed by atoms with Gasteiger partial charge in [0, 0.05) is 12.5 Å². The third-order valence-electron chi connectivity index (χ3n) is 6.22. The Hall–Kier alpha value is -4.51. The topological polar surface area (TPSA) is 132 Å². The van der Waals surface area contributed by atoms with E-state index in [9.17, 15) is 24.3 Å². The van der Waals surface area contributed by atoms with Crippen LogP contribution in [-0.4, -0.2) is 53.9 Å². The van der Waals surface area contributed by atoms with E-state index in [1.54, 1.807) is 31.2 Å². The van der Waals surface area contributed by atoms with Gasteiger partial charge in [-0.1, -0.05) is 23.5 Å². The maximum atomic E-state index is 13.4. The van der Waals surface area contributed by atoms with Gasteiger partial charge in [-0.15, -0.1) is 0 Å². The van der Waals surface area contributed by atoms with Gasteiger partial charge in [0.05, 0.1) is 34.9 Å². The number of ketones is 2. The van der Waals surface area contributed by atoms with Crippen LogP contribution in [0.1, 0.15) is 49.8 Å². The van der Waals surface area contributed by atoms with Gasteiger partial charge in [-0.3, -0.25) is 19.3 Å². The lowest BCUT2D eigenvalue weighted by molar-refractivity contribution is -0.132. The van der Waals surface area contributed by atoms with E-state index in [1.165, 1.54) is 37.1 Å². The number of thiazole rings is 1. The van der Waals surface area contributed by atoms with Gasteiger partial charge < -0.3 is 19.3 Å². The number of fused-ring (bicyclic) bond motifs is 1. The van der Waals surface area contributed by atoms with E-state index in [0.29, 0.717) is 40.8 Å². The van der Waals surface area contributed by atoms with Crippen LogP contribution in [0.2, 0.25) is 0 Å². The van der Waals surface area contributed by atoms with E-state index in [4.69, 9.17) is 14.2 Å². The van der Waals surface area contributed by atoms with Crippen LogP contribution in [0.25, 0.3) is 5.76 Å². The summed E-state index contributed by atoms with van der Waals surface area (Å²) in [5.74, 6) is -2.12. The molecule has 1 amide bonds. The van der Waals surface area contributed by atoms with Crippen molar-refractivity contribution in [2.45, 2.75) is 19.9 Å². The molecule has 1 saturated heterocycles. The highest BCUT2D eigenvalue weighted by Gasteiger charge is 2.48. The van der Waals surface area contributed by atoms with Crippen molar-refractivity contribution >= 4 is 45.7 Å². The predicted molar refractivity (Wildman–Crippen MR) is 137 cm³/mol. The standard InChI is InChI=1S/C27H22N2O8S/c1-13-24(14(2)30)38-27(28-13)29-21(15-4-6-16(7-5-15)26(34)35-3)20(23(32)25(29)33)22(31)17-8-9-18-19(12-17)37-11-10-36-18/h4-9,12,21,31H,10-11H2,1-3H3/b22-20+/t21-/m0/s1. The van der Waals surface area contributed by atoms with Crippen molar-refractivity contribution in [3.05, 3.63) is 75.3 Å². The Morgan fingerprint density at radius 3 is 2.34 bits per heavy atom. The zero-order valence-electron chi connectivity index (χ0n) is 20.6. The minimum absolute atomic E-state index is 0.137. The summed E-state index contributed by atoms with van der Waals surface area (Å²) in [7, 11) is 1.26. The molecule has 0 bridgehead atoms. The van der Waals surface area contributed by atoms with Crippen molar-refractivity contribution in [2.24, 2.45) is 0 Å². The molecule has 0 saturated carbocycles. The van der Waals surface area contributed by atoms with Gasteiger partial charge >= 0.3 is 11.9 Å². The van der Waals surface area contributed by atoms with E-state index < -0.39 is 29.5 Å². The molecule has 2 aliphatic rings. The second kappa shape index (κ2) is 9.75. The van der Waals surface area contributed by atoms with Crippen LogP contribution in [0.4, 0.5) is 5.13 Å². The molecule has 1 fully saturated rings. The molecule has 0 aliphatic carbocycles. The number of hydrogen-bond acceptors (Lipinski definition) is 10. The lowest BCUT2D eigenvalue weighted by atomic mass is 9.94. The molecular weight excluding hydrogens is 512 g/mol. The maximum absolute atomic E-state index is 13.4. The predicted octanol–water partition coefficient (Wildman–Crippen LogP) is 3.84. The van der Waals surface area contributed by atoms with Crippen LogP contribution in [0.3, 0.4) is 0 Å². The minimum atomic E-state index is -1.08. The fourth-order valence-corrected chi connectivity index (χ4v) is 5.41. The lowest BCUT2D eigenvalue weighted by Gasteiger charge is -2.23. The first-order valence-corrected chi connectivity index (χ1v) is 12.4. The second-order valence-electron chi connectivity index (χ2n) is 8.61. The molecule has 3 heterocycles. The molecule has 0 radical (unpaired) electrons. The summed E-state index contributed by atoms with van der Waals surface area (Å²) < 4.78 is 15.9. The summed E-state index contributed by atoms with van der Waals surface area (Å²) in [6.07, 6.45) is 0. The number of anilines is 1. The minimum Gasteiger partial charge on any atom is -0.507 e. The normalized spacial score (nSPS) is 18.0. The number of rotatable bonds is 5. The fraction of sp³-hybridized carbons (Fsp3) is 0.222. The first-order chi connectivity index (χ1) is 18.2. The van der Waals surface area contributed by atoms with Crippen molar-refractivity contribution in [2.75, 3.05) is 25.2 Å². The Balaban J connectivity index is 1.68. The van der Waals surface area contributed by atoms with Crippen LogP contribution in [0, 0.1) is 6.92 Å². The Kier molecular flexibility index (Phi) is 6.45. The zero-order chi connectivity index (χ0) is 27.1. The fourth-order valence-electron chi connectivity index (χ4n) is 4.42. The molecule has 38 heavy (non-hydrogen) atoms. The number of aliphatic hydroxyl groups excluding tert-OH is 1. The number of nitrogens with zero attached hydrogens (tertiary/aromatic N) is 2. The summed E-state index contributed by atoms with van der Waals surface area (Å²) in [6, 6.07) is 9.77. The molecule has 0 spiro atoms. The summed E-state index contributed by atoms with van der Waals surface area (Å²) in [5, 5.41) is 11.5. The highest BCUT2D eigenvalue weighted by atomic mass is 32.1. The average Bonchev–Trinajstić information content (AvgIpc) is 3.44. The lowest BCUT2D eigenvalue weighted by Crippen LogP contribution is -2.29. The molecule has 2 aliphatic heterocycles. The average molecular weight is 535 g/mol. The first kappa shape index (κ1) is 25.2.